The van der Waals surface area contributed by atoms with Crippen LogP contribution in [0.1, 0.15) is 15.9 Å². The first kappa shape index (κ1) is 16.9. The van der Waals surface area contributed by atoms with Crippen molar-refractivity contribution in [2.24, 2.45) is 0 Å². The third-order valence-electron chi connectivity index (χ3n) is 3.58. The van der Waals surface area contributed by atoms with Crippen LogP contribution in [0, 0.1) is 12.7 Å². The van der Waals surface area contributed by atoms with Crippen LogP contribution < -0.4 is 10.6 Å². The van der Waals surface area contributed by atoms with Crippen molar-refractivity contribution in [3.8, 4) is 0 Å². The lowest BCUT2D eigenvalue weighted by Gasteiger charge is -2.09. The smallest absolute Gasteiger partial charge is 0.259 e. The molecular weight excluding hydrogens is 341 g/mol. The molecule has 0 radical (unpaired) electrons. The van der Waals surface area contributed by atoms with Gasteiger partial charge in [0.15, 0.2) is 0 Å². The van der Waals surface area contributed by atoms with Gasteiger partial charge in [-0.2, -0.15) is 0 Å². The van der Waals surface area contributed by atoms with Gasteiger partial charge in [0, 0.05) is 10.7 Å². The van der Waals surface area contributed by atoms with Gasteiger partial charge in [0.25, 0.3) is 5.91 Å². The highest BCUT2D eigenvalue weighted by Crippen LogP contribution is 2.23. The number of benzene rings is 2. The minimum absolute atomic E-state index is 0.0270. The molecule has 0 fully saturated rings. The topological polar surface area (TPSA) is 54.0 Å². The lowest BCUT2D eigenvalue weighted by atomic mass is 10.2. The Morgan fingerprint density at radius 2 is 1.84 bits per heavy atom. The van der Waals surface area contributed by atoms with Gasteiger partial charge in [-0.1, -0.05) is 29.8 Å². The SMILES string of the molecule is Cc1ccc(Nc2ccc(NC(=O)c3ccccc3F)nc2)cc1Cl. The van der Waals surface area contributed by atoms with Crippen LogP contribution in [-0.4, -0.2) is 10.9 Å². The molecule has 0 saturated carbocycles. The maximum Gasteiger partial charge on any atom is 0.259 e. The monoisotopic (exact) mass is 355 g/mol. The summed E-state index contributed by atoms with van der Waals surface area (Å²) in [5.74, 6) is -0.785. The number of nitrogens with one attached hydrogen (secondary N) is 2. The Kier molecular flexibility index (Phi) is 4.95. The van der Waals surface area contributed by atoms with Crippen LogP contribution in [0.25, 0.3) is 0 Å². The van der Waals surface area contributed by atoms with E-state index in [-0.39, 0.29) is 5.56 Å². The number of rotatable bonds is 4. The molecule has 0 spiro atoms. The Labute approximate surface area is 149 Å². The number of carbonyl (C=O) groups is 1. The van der Waals surface area contributed by atoms with Gasteiger partial charge in [0.1, 0.15) is 11.6 Å². The minimum atomic E-state index is -0.575. The summed E-state index contributed by atoms with van der Waals surface area (Å²) in [6, 6.07) is 14.8. The first-order valence-corrected chi connectivity index (χ1v) is 7.96. The van der Waals surface area contributed by atoms with E-state index in [9.17, 15) is 9.18 Å². The zero-order valence-electron chi connectivity index (χ0n) is 13.4. The van der Waals surface area contributed by atoms with Gasteiger partial charge in [-0.05, 0) is 48.9 Å². The average molecular weight is 356 g/mol. The normalized spacial score (nSPS) is 10.4. The molecule has 0 aliphatic carbocycles. The summed E-state index contributed by atoms with van der Waals surface area (Å²) >= 11 is 6.10. The summed E-state index contributed by atoms with van der Waals surface area (Å²) in [6.07, 6.45) is 1.57. The molecule has 3 rings (SSSR count). The van der Waals surface area contributed by atoms with E-state index in [0.717, 1.165) is 16.9 Å². The molecule has 0 unspecified atom stereocenters. The predicted octanol–water partition coefficient (Wildman–Crippen LogP) is 5.18. The van der Waals surface area contributed by atoms with Crippen LogP contribution >= 0.6 is 11.6 Å². The summed E-state index contributed by atoms with van der Waals surface area (Å²) in [7, 11) is 0. The standard InChI is InChI=1S/C19H15ClFN3O/c1-12-6-7-13(10-16(12)20)23-14-8-9-18(22-11-14)24-19(25)15-4-2-3-5-17(15)21/h2-11,23H,1H3,(H,22,24,25). The number of hydrogen-bond donors (Lipinski definition) is 2. The molecule has 6 heteroatoms. The summed E-state index contributed by atoms with van der Waals surface area (Å²) in [5.41, 5.74) is 2.54. The quantitative estimate of drug-likeness (QED) is 0.678. The van der Waals surface area contributed by atoms with E-state index in [2.05, 4.69) is 15.6 Å². The maximum absolute atomic E-state index is 13.6. The fraction of sp³-hybridized carbons (Fsp3) is 0.0526. The van der Waals surface area contributed by atoms with Crippen molar-refractivity contribution in [2.45, 2.75) is 6.92 Å². The van der Waals surface area contributed by atoms with Crippen LogP contribution in [0.3, 0.4) is 0 Å². The Balaban J connectivity index is 1.69. The number of aromatic nitrogens is 1. The van der Waals surface area contributed by atoms with E-state index < -0.39 is 11.7 Å². The van der Waals surface area contributed by atoms with Crippen molar-refractivity contribution in [3.63, 3.8) is 0 Å². The second-order valence-electron chi connectivity index (χ2n) is 5.46. The van der Waals surface area contributed by atoms with E-state index in [1.54, 1.807) is 24.4 Å². The van der Waals surface area contributed by atoms with E-state index in [1.807, 2.05) is 25.1 Å². The summed E-state index contributed by atoms with van der Waals surface area (Å²) in [5, 5.41) is 6.41. The third-order valence-corrected chi connectivity index (χ3v) is 3.99. The van der Waals surface area contributed by atoms with E-state index in [0.29, 0.717) is 10.8 Å². The number of aryl methyl sites for hydroxylation is 1. The number of anilines is 3. The molecule has 2 N–H and O–H groups in total. The number of nitrogens with zero attached hydrogens (tertiary/aromatic N) is 1. The molecule has 4 nitrogen and oxygen atoms in total. The lowest BCUT2D eigenvalue weighted by molar-refractivity contribution is 0.102. The molecule has 126 valence electrons. The third kappa shape index (κ3) is 4.14. The van der Waals surface area contributed by atoms with Gasteiger partial charge in [-0.25, -0.2) is 9.37 Å². The van der Waals surface area contributed by atoms with Gasteiger partial charge in [-0.15, -0.1) is 0 Å². The van der Waals surface area contributed by atoms with Gasteiger partial charge in [0.2, 0.25) is 0 Å². The fourth-order valence-electron chi connectivity index (χ4n) is 2.21. The lowest BCUT2D eigenvalue weighted by Crippen LogP contribution is -2.14. The molecule has 1 amide bonds. The highest BCUT2D eigenvalue weighted by atomic mass is 35.5. The van der Waals surface area contributed by atoms with Gasteiger partial charge in [-0.3, -0.25) is 4.79 Å². The van der Waals surface area contributed by atoms with E-state index in [4.69, 9.17) is 11.6 Å². The first-order valence-electron chi connectivity index (χ1n) is 7.58. The zero-order chi connectivity index (χ0) is 17.8. The van der Waals surface area contributed by atoms with Crippen molar-refractivity contribution in [3.05, 3.63) is 82.8 Å². The molecule has 25 heavy (non-hydrogen) atoms. The number of halogens is 2. The summed E-state index contributed by atoms with van der Waals surface area (Å²) < 4.78 is 13.6. The predicted molar refractivity (Wildman–Crippen MR) is 98.1 cm³/mol. The Morgan fingerprint density at radius 1 is 1.08 bits per heavy atom. The molecule has 0 atom stereocenters. The fourth-order valence-corrected chi connectivity index (χ4v) is 2.39. The van der Waals surface area contributed by atoms with Crippen molar-refractivity contribution in [1.29, 1.82) is 0 Å². The molecule has 2 aromatic carbocycles. The number of hydrogen-bond acceptors (Lipinski definition) is 3. The van der Waals surface area contributed by atoms with E-state index >= 15 is 0 Å². The molecular formula is C19H15ClFN3O. The van der Waals surface area contributed by atoms with Gasteiger partial charge >= 0.3 is 0 Å². The van der Waals surface area contributed by atoms with Crippen molar-refractivity contribution >= 4 is 34.7 Å². The zero-order valence-corrected chi connectivity index (χ0v) is 14.1. The molecule has 0 bridgehead atoms. The Morgan fingerprint density at radius 3 is 2.52 bits per heavy atom. The average Bonchev–Trinajstić information content (AvgIpc) is 2.60. The molecule has 1 heterocycles. The number of pyridine rings is 1. The van der Waals surface area contributed by atoms with Crippen LogP contribution in [0.2, 0.25) is 5.02 Å². The summed E-state index contributed by atoms with van der Waals surface area (Å²) in [6.45, 7) is 1.93. The van der Waals surface area contributed by atoms with Crippen molar-refractivity contribution in [2.75, 3.05) is 10.6 Å². The highest BCUT2D eigenvalue weighted by molar-refractivity contribution is 6.31. The maximum atomic E-state index is 13.6. The first-order chi connectivity index (χ1) is 12.0. The van der Waals surface area contributed by atoms with Gasteiger partial charge < -0.3 is 10.6 Å². The second kappa shape index (κ2) is 7.32. The number of amides is 1. The Bertz CT molecular complexity index is 913. The van der Waals surface area contributed by atoms with Crippen LogP contribution in [0.15, 0.2) is 60.8 Å². The van der Waals surface area contributed by atoms with Crippen LogP contribution in [-0.2, 0) is 0 Å². The molecule has 1 aromatic heterocycles. The molecule has 3 aromatic rings. The van der Waals surface area contributed by atoms with Crippen molar-refractivity contribution in [1.82, 2.24) is 4.98 Å². The van der Waals surface area contributed by atoms with Crippen LogP contribution in [0.5, 0.6) is 0 Å². The highest BCUT2D eigenvalue weighted by Gasteiger charge is 2.11. The largest absolute Gasteiger partial charge is 0.354 e. The number of carbonyl (C=O) groups excluding carboxylic acids is 1. The van der Waals surface area contributed by atoms with Gasteiger partial charge in [0.05, 0.1) is 17.4 Å². The minimum Gasteiger partial charge on any atom is -0.354 e. The van der Waals surface area contributed by atoms with Crippen LogP contribution in [0.4, 0.5) is 21.6 Å². The second-order valence-corrected chi connectivity index (χ2v) is 5.86. The summed E-state index contributed by atoms with van der Waals surface area (Å²) in [4.78, 5) is 16.2. The Hall–Kier alpha value is -2.92. The molecule has 0 aliphatic heterocycles. The molecule has 0 aliphatic rings. The van der Waals surface area contributed by atoms with Crippen molar-refractivity contribution < 1.29 is 9.18 Å². The van der Waals surface area contributed by atoms with E-state index in [1.165, 1.54) is 18.2 Å². The molecule has 0 saturated heterocycles.